The van der Waals surface area contributed by atoms with Crippen LogP contribution in [0.1, 0.15) is 47.8 Å². The maximum Gasteiger partial charge on any atom is 0.251 e. The van der Waals surface area contributed by atoms with Crippen LogP contribution in [0, 0.1) is 11.2 Å². The van der Waals surface area contributed by atoms with E-state index in [0.717, 1.165) is 12.2 Å². The molecule has 1 saturated carbocycles. The average molecular weight is 525 g/mol. The first-order valence-electron chi connectivity index (χ1n) is 12.7. The Morgan fingerprint density at radius 3 is 2.78 bits per heavy atom. The van der Waals surface area contributed by atoms with Gasteiger partial charge in [-0.05, 0) is 61.4 Å². The van der Waals surface area contributed by atoms with E-state index in [1.165, 1.54) is 49.8 Å². The van der Waals surface area contributed by atoms with E-state index in [1.54, 1.807) is 31.2 Å². The van der Waals surface area contributed by atoms with Crippen LogP contribution in [-0.2, 0) is 17.8 Å². The average Bonchev–Trinajstić information content (AvgIpc) is 3.20. The zero-order valence-electron chi connectivity index (χ0n) is 21.0. The van der Waals surface area contributed by atoms with Gasteiger partial charge in [-0.25, -0.2) is 9.37 Å². The first kappa shape index (κ1) is 25.8. The number of pyridine rings is 1. The number of halogens is 1. The number of thiophene rings is 1. The number of nitrogens with two attached hydrogens (primary N) is 1. The van der Waals surface area contributed by atoms with Crippen molar-refractivity contribution < 1.29 is 19.0 Å². The lowest BCUT2D eigenvalue weighted by atomic mass is 9.63. The van der Waals surface area contributed by atoms with Crippen molar-refractivity contribution in [1.29, 1.82) is 0 Å². The summed E-state index contributed by atoms with van der Waals surface area (Å²) in [7, 11) is 0. The minimum atomic E-state index is -0.606. The molecule has 1 aliphatic carbocycles. The van der Waals surface area contributed by atoms with Crippen LogP contribution in [-0.4, -0.2) is 53.2 Å². The number of carbonyl (C=O) groups excluding carboxylic acids is 1. The van der Waals surface area contributed by atoms with Crippen molar-refractivity contribution in [2.75, 3.05) is 31.6 Å². The molecule has 2 aliphatic rings. The van der Waals surface area contributed by atoms with Gasteiger partial charge in [0.05, 0.1) is 30.6 Å². The van der Waals surface area contributed by atoms with Crippen LogP contribution in [0.15, 0.2) is 42.5 Å². The highest BCUT2D eigenvalue weighted by molar-refractivity contribution is 7.19. The van der Waals surface area contributed by atoms with Crippen LogP contribution in [0.4, 0.5) is 15.2 Å². The highest BCUT2D eigenvalue weighted by Crippen LogP contribution is 2.47. The Hall–Kier alpha value is -2.85. The minimum absolute atomic E-state index is 0.273. The molecular formula is C28H33FN4O3S. The third kappa shape index (κ3) is 6.01. The zero-order valence-corrected chi connectivity index (χ0v) is 21.8. The number of hydrogen-bond donors (Lipinski definition) is 3. The Bertz CT molecular complexity index is 1270. The van der Waals surface area contributed by atoms with E-state index >= 15 is 0 Å². The molecule has 3 aromatic rings. The molecule has 2 aromatic heterocycles. The Morgan fingerprint density at radius 2 is 2.11 bits per heavy atom. The molecule has 1 aromatic carbocycles. The lowest BCUT2D eigenvalue weighted by molar-refractivity contribution is -0.0707. The number of amides is 1. The lowest BCUT2D eigenvalue weighted by Crippen LogP contribution is -2.60. The molecule has 1 unspecified atom stereocenters. The van der Waals surface area contributed by atoms with Crippen LogP contribution in [0.3, 0.4) is 0 Å². The van der Waals surface area contributed by atoms with Gasteiger partial charge in [-0.2, -0.15) is 0 Å². The van der Waals surface area contributed by atoms with Gasteiger partial charge in [-0.1, -0.05) is 24.6 Å². The molecule has 196 valence electrons. The summed E-state index contributed by atoms with van der Waals surface area (Å²) in [5, 5.41) is 13.3. The van der Waals surface area contributed by atoms with E-state index in [2.05, 4.69) is 15.2 Å². The summed E-state index contributed by atoms with van der Waals surface area (Å²) in [5.41, 5.74) is 8.37. The summed E-state index contributed by atoms with van der Waals surface area (Å²) in [4.78, 5) is 19.8. The molecule has 1 amide bonds. The first-order chi connectivity index (χ1) is 17.8. The molecule has 1 spiro atoms. The minimum Gasteiger partial charge on any atom is -0.393 e. The highest BCUT2D eigenvalue weighted by atomic mass is 32.1. The number of hydrogen-bond acceptors (Lipinski definition) is 7. The van der Waals surface area contributed by atoms with Gasteiger partial charge in [0.25, 0.3) is 5.91 Å². The molecule has 0 radical (unpaired) electrons. The number of aromatic nitrogens is 1. The van der Waals surface area contributed by atoms with E-state index in [0.29, 0.717) is 51.9 Å². The van der Waals surface area contributed by atoms with E-state index < -0.39 is 17.8 Å². The van der Waals surface area contributed by atoms with Crippen LogP contribution in [0.5, 0.6) is 0 Å². The van der Waals surface area contributed by atoms with Gasteiger partial charge in [-0.15, -0.1) is 11.3 Å². The maximum atomic E-state index is 14.9. The molecule has 0 bridgehead atoms. The Morgan fingerprint density at radius 1 is 1.30 bits per heavy atom. The van der Waals surface area contributed by atoms with Crippen LogP contribution < -0.4 is 11.1 Å². The molecule has 37 heavy (non-hydrogen) atoms. The Labute approximate surface area is 220 Å². The van der Waals surface area contributed by atoms with Crippen molar-refractivity contribution in [2.24, 2.45) is 11.1 Å². The number of anilines is 2. The van der Waals surface area contributed by atoms with Crippen molar-refractivity contribution >= 4 is 28.1 Å². The second-order valence-corrected chi connectivity index (χ2v) is 11.4. The van der Waals surface area contributed by atoms with Gasteiger partial charge in [0.15, 0.2) is 0 Å². The van der Waals surface area contributed by atoms with Gasteiger partial charge in [0, 0.05) is 30.1 Å². The molecule has 1 atom stereocenters. The quantitative estimate of drug-likeness (QED) is 0.314. The molecule has 2 fully saturated rings. The second-order valence-electron chi connectivity index (χ2n) is 10.3. The predicted molar refractivity (Wildman–Crippen MR) is 144 cm³/mol. The summed E-state index contributed by atoms with van der Waals surface area (Å²) in [6, 6.07) is 12.0. The molecule has 7 nitrogen and oxygen atoms in total. The van der Waals surface area contributed by atoms with Gasteiger partial charge < -0.3 is 20.9 Å². The molecule has 5 rings (SSSR count). The number of aliphatic hydroxyl groups excluding tert-OH is 1. The van der Waals surface area contributed by atoms with Crippen LogP contribution >= 0.6 is 11.3 Å². The number of ether oxygens (including phenoxy) is 1. The third-order valence-electron chi connectivity index (χ3n) is 7.21. The fourth-order valence-electron chi connectivity index (χ4n) is 5.20. The summed E-state index contributed by atoms with van der Waals surface area (Å²) < 4.78 is 20.7. The number of likely N-dealkylation sites (tertiary alicyclic amines) is 1. The SMILES string of the molecule is CC(O)Cc1ccc(-c2cc(C(N)=O)c(Nc3cccc(COCCN4CC5(CCC5)C4)n3)s2)c(F)c1. The van der Waals surface area contributed by atoms with E-state index in [1.807, 2.05) is 12.1 Å². The largest absolute Gasteiger partial charge is 0.393 e. The number of rotatable bonds is 11. The lowest BCUT2D eigenvalue weighted by Gasteiger charge is -2.56. The number of nitrogens with one attached hydrogen (secondary N) is 1. The second kappa shape index (κ2) is 10.9. The van der Waals surface area contributed by atoms with E-state index in [4.69, 9.17) is 10.5 Å². The van der Waals surface area contributed by atoms with Crippen molar-refractivity contribution in [2.45, 2.75) is 45.3 Å². The standard InChI is InChI=1S/C28H33FN4O3S/c1-18(34)12-19-6-7-21(23(29)13-19)24-14-22(26(30)35)27(37-24)32-25-5-2-4-20(31-25)15-36-11-10-33-16-28(17-33)8-3-9-28/h2,4-7,13-14,18,34H,3,8-12,15-17H2,1H3,(H2,30,35)(H,31,32). The Kier molecular flexibility index (Phi) is 7.57. The highest BCUT2D eigenvalue weighted by Gasteiger charge is 2.46. The number of benzene rings is 1. The fraction of sp³-hybridized carbons (Fsp3) is 0.429. The maximum absolute atomic E-state index is 14.9. The summed E-state index contributed by atoms with van der Waals surface area (Å²) >= 11 is 1.24. The molecule has 4 N–H and O–H groups in total. The summed E-state index contributed by atoms with van der Waals surface area (Å²) in [5.74, 6) is -0.468. The molecule has 9 heteroatoms. The molecule has 3 heterocycles. The smallest absolute Gasteiger partial charge is 0.251 e. The molecule has 1 aliphatic heterocycles. The van der Waals surface area contributed by atoms with Crippen LogP contribution in [0.2, 0.25) is 0 Å². The van der Waals surface area contributed by atoms with Crippen molar-refractivity contribution in [1.82, 2.24) is 9.88 Å². The fourth-order valence-corrected chi connectivity index (χ4v) is 6.29. The van der Waals surface area contributed by atoms with Crippen molar-refractivity contribution in [3.8, 4) is 10.4 Å². The van der Waals surface area contributed by atoms with E-state index in [-0.39, 0.29) is 5.56 Å². The Balaban J connectivity index is 1.21. The van der Waals surface area contributed by atoms with Gasteiger partial charge >= 0.3 is 0 Å². The van der Waals surface area contributed by atoms with Gasteiger partial charge in [0.2, 0.25) is 0 Å². The van der Waals surface area contributed by atoms with E-state index in [9.17, 15) is 14.3 Å². The summed E-state index contributed by atoms with van der Waals surface area (Å²) in [6.07, 6.45) is 3.94. The zero-order chi connectivity index (χ0) is 26.0. The molecule has 1 saturated heterocycles. The van der Waals surface area contributed by atoms with Crippen molar-refractivity contribution in [3.05, 3.63) is 65.1 Å². The number of carbonyl (C=O) groups is 1. The van der Waals surface area contributed by atoms with Gasteiger partial charge in [-0.3, -0.25) is 9.69 Å². The predicted octanol–water partition coefficient (Wildman–Crippen LogP) is 4.72. The van der Waals surface area contributed by atoms with Gasteiger partial charge in [0.1, 0.15) is 16.6 Å². The van der Waals surface area contributed by atoms with Crippen LogP contribution in [0.25, 0.3) is 10.4 Å². The number of aliphatic hydroxyl groups is 1. The molecular weight excluding hydrogens is 491 g/mol. The first-order valence-corrected chi connectivity index (χ1v) is 13.6. The topological polar surface area (TPSA) is 101 Å². The summed E-state index contributed by atoms with van der Waals surface area (Å²) in [6.45, 7) is 6.07. The third-order valence-corrected chi connectivity index (χ3v) is 8.29. The normalized spacial score (nSPS) is 17.3. The monoisotopic (exact) mass is 524 g/mol. The number of primary amides is 1. The van der Waals surface area contributed by atoms with Crippen molar-refractivity contribution in [3.63, 3.8) is 0 Å². The number of nitrogens with zero attached hydrogens (tertiary/aromatic N) is 2.